The van der Waals surface area contributed by atoms with Crippen LogP contribution in [0.4, 0.5) is 4.79 Å². The third-order valence-electron chi connectivity index (χ3n) is 2.37. The molecule has 1 aromatic rings. The fourth-order valence-electron chi connectivity index (χ4n) is 1.45. The van der Waals surface area contributed by atoms with E-state index in [1.54, 1.807) is 0 Å². The van der Waals surface area contributed by atoms with E-state index >= 15 is 0 Å². The van der Waals surface area contributed by atoms with Crippen molar-refractivity contribution in [2.24, 2.45) is 5.16 Å². The van der Waals surface area contributed by atoms with Crippen LogP contribution in [0.25, 0.3) is 0 Å². The van der Waals surface area contributed by atoms with Crippen LogP contribution in [0.2, 0.25) is 0 Å². The zero-order valence-corrected chi connectivity index (χ0v) is 9.96. The van der Waals surface area contributed by atoms with Crippen molar-refractivity contribution in [1.82, 2.24) is 5.32 Å². The van der Waals surface area contributed by atoms with Crippen molar-refractivity contribution in [2.45, 2.75) is 19.3 Å². The SMILES string of the molecule is COC1=NOC(NC(=O)OCc2ccccc2)C1. The number of hydrogen-bond donors (Lipinski definition) is 1. The second-order valence-electron chi connectivity index (χ2n) is 3.69. The van der Waals surface area contributed by atoms with Crippen molar-refractivity contribution in [3.8, 4) is 0 Å². The van der Waals surface area contributed by atoms with Crippen LogP contribution in [0.3, 0.4) is 0 Å². The molecule has 0 spiro atoms. The maximum atomic E-state index is 11.5. The zero-order valence-electron chi connectivity index (χ0n) is 9.96. The Morgan fingerprint density at radius 2 is 2.28 bits per heavy atom. The van der Waals surface area contributed by atoms with Gasteiger partial charge in [0.15, 0.2) is 0 Å². The Kier molecular flexibility index (Phi) is 4.01. The van der Waals surface area contributed by atoms with Gasteiger partial charge in [-0.05, 0) is 10.7 Å². The lowest BCUT2D eigenvalue weighted by Gasteiger charge is -2.10. The van der Waals surface area contributed by atoms with Gasteiger partial charge < -0.3 is 14.3 Å². The lowest BCUT2D eigenvalue weighted by molar-refractivity contribution is 0.0498. The van der Waals surface area contributed by atoms with Gasteiger partial charge in [-0.1, -0.05) is 30.3 Å². The summed E-state index contributed by atoms with van der Waals surface area (Å²) in [4.78, 5) is 16.4. The first-order chi connectivity index (χ1) is 8.78. The minimum atomic E-state index is -0.545. The van der Waals surface area contributed by atoms with Gasteiger partial charge in [0.2, 0.25) is 12.1 Å². The summed E-state index contributed by atoms with van der Waals surface area (Å²) in [5.74, 6) is 0.448. The van der Waals surface area contributed by atoms with Crippen molar-refractivity contribution in [3.05, 3.63) is 35.9 Å². The summed E-state index contributed by atoms with van der Waals surface area (Å²) in [7, 11) is 1.50. The summed E-state index contributed by atoms with van der Waals surface area (Å²) in [6.45, 7) is 0.220. The number of nitrogens with zero attached hydrogens (tertiary/aromatic N) is 1. The molecule has 1 N–H and O–H groups in total. The Hall–Kier alpha value is -2.24. The lowest BCUT2D eigenvalue weighted by atomic mass is 10.2. The summed E-state index contributed by atoms with van der Waals surface area (Å²) >= 11 is 0. The van der Waals surface area contributed by atoms with Gasteiger partial charge in [0, 0.05) is 0 Å². The Morgan fingerprint density at radius 1 is 1.50 bits per heavy atom. The van der Waals surface area contributed by atoms with E-state index in [4.69, 9.17) is 14.3 Å². The Balaban J connectivity index is 1.70. The molecule has 1 amide bonds. The average molecular weight is 250 g/mol. The van der Waals surface area contributed by atoms with Crippen LogP contribution >= 0.6 is 0 Å². The summed E-state index contributed by atoms with van der Waals surface area (Å²) in [6, 6.07) is 9.43. The molecule has 96 valence electrons. The number of alkyl carbamates (subject to hydrolysis) is 1. The van der Waals surface area contributed by atoms with Gasteiger partial charge in [0.25, 0.3) is 0 Å². The van der Waals surface area contributed by atoms with E-state index in [0.29, 0.717) is 12.3 Å². The number of amides is 1. The number of benzene rings is 1. The number of rotatable bonds is 3. The topological polar surface area (TPSA) is 69.2 Å². The maximum absolute atomic E-state index is 11.5. The molecule has 2 rings (SSSR count). The number of carbonyl (C=O) groups is 1. The molecule has 0 bridgehead atoms. The molecule has 1 aromatic carbocycles. The Labute approximate surface area is 105 Å². The summed E-state index contributed by atoms with van der Waals surface area (Å²) in [5.41, 5.74) is 0.925. The molecule has 0 saturated heterocycles. The van der Waals surface area contributed by atoms with Crippen molar-refractivity contribution < 1.29 is 19.1 Å². The molecular weight excluding hydrogens is 236 g/mol. The molecule has 1 heterocycles. The van der Waals surface area contributed by atoms with Crippen LogP contribution in [0, 0.1) is 0 Å². The minimum Gasteiger partial charge on any atom is -0.482 e. The normalized spacial score (nSPS) is 17.6. The average Bonchev–Trinajstić information content (AvgIpc) is 2.85. The van der Waals surface area contributed by atoms with E-state index in [1.807, 2.05) is 30.3 Å². The Bertz CT molecular complexity index is 433. The zero-order chi connectivity index (χ0) is 12.8. The van der Waals surface area contributed by atoms with Crippen molar-refractivity contribution in [3.63, 3.8) is 0 Å². The number of hydrogen-bond acceptors (Lipinski definition) is 5. The first-order valence-corrected chi connectivity index (χ1v) is 5.52. The van der Waals surface area contributed by atoms with E-state index in [0.717, 1.165) is 5.56 Å². The van der Waals surface area contributed by atoms with Gasteiger partial charge >= 0.3 is 6.09 Å². The minimum absolute atomic E-state index is 0.220. The van der Waals surface area contributed by atoms with E-state index in [9.17, 15) is 4.79 Å². The maximum Gasteiger partial charge on any atom is 0.410 e. The molecule has 1 aliphatic rings. The fraction of sp³-hybridized carbons (Fsp3) is 0.333. The van der Waals surface area contributed by atoms with E-state index in [-0.39, 0.29) is 6.61 Å². The third-order valence-corrected chi connectivity index (χ3v) is 2.37. The van der Waals surface area contributed by atoms with Crippen LogP contribution in [0.5, 0.6) is 0 Å². The van der Waals surface area contributed by atoms with Gasteiger partial charge in [0.1, 0.15) is 6.61 Å². The van der Waals surface area contributed by atoms with E-state index in [1.165, 1.54) is 7.11 Å². The quantitative estimate of drug-likeness (QED) is 0.885. The third kappa shape index (κ3) is 3.38. The van der Waals surface area contributed by atoms with Gasteiger partial charge in [-0.2, -0.15) is 0 Å². The van der Waals surface area contributed by atoms with Crippen LogP contribution in [-0.4, -0.2) is 25.3 Å². The molecule has 0 aliphatic carbocycles. The van der Waals surface area contributed by atoms with Gasteiger partial charge in [-0.25, -0.2) is 4.79 Å². The summed E-state index contributed by atoms with van der Waals surface area (Å²) in [6.07, 6.45) is -0.670. The molecule has 1 aliphatic heterocycles. The van der Waals surface area contributed by atoms with Gasteiger partial charge in [-0.15, -0.1) is 0 Å². The van der Waals surface area contributed by atoms with Crippen molar-refractivity contribution >= 4 is 12.0 Å². The molecule has 0 fully saturated rings. The summed E-state index contributed by atoms with van der Waals surface area (Å²) in [5, 5.41) is 6.17. The molecular formula is C12H14N2O4. The van der Waals surface area contributed by atoms with Crippen LogP contribution in [0.15, 0.2) is 35.5 Å². The number of nitrogens with one attached hydrogen (secondary N) is 1. The molecule has 1 unspecified atom stereocenters. The van der Waals surface area contributed by atoms with Crippen molar-refractivity contribution in [2.75, 3.05) is 7.11 Å². The molecule has 6 heteroatoms. The highest BCUT2D eigenvalue weighted by Gasteiger charge is 2.23. The van der Waals surface area contributed by atoms with Gasteiger partial charge in [0.05, 0.1) is 13.5 Å². The largest absolute Gasteiger partial charge is 0.482 e. The highest BCUT2D eigenvalue weighted by Crippen LogP contribution is 2.08. The molecule has 0 saturated carbocycles. The fourth-order valence-corrected chi connectivity index (χ4v) is 1.45. The number of oxime groups is 1. The predicted molar refractivity (Wildman–Crippen MR) is 63.7 cm³/mol. The molecule has 1 atom stereocenters. The molecule has 18 heavy (non-hydrogen) atoms. The molecule has 6 nitrogen and oxygen atoms in total. The predicted octanol–water partition coefficient (Wildman–Crippen LogP) is 1.62. The van der Waals surface area contributed by atoms with Crippen LogP contribution in [-0.2, 0) is 20.9 Å². The van der Waals surface area contributed by atoms with Crippen LogP contribution in [0.1, 0.15) is 12.0 Å². The number of ether oxygens (including phenoxy) is 2. The molecule has 0 aromatic heterocycles. The molecule has 0 radical (unpaired) electrons. The number of carbonyl (C=O) groups excluding carboxylic acids is 1. The smallest absolute Gasteiger partial charge is 0.410 e. The lowest BCUT2D eigenvalue weighted by Crippen LogP contribution is -2.35. The first-order valence-electron chi connectivity index (χ1n) is 5.52. The summed E-state index contributed by atoms with van der Waals surface area (Å²) < 4.78 is 9.92. The monoisotopic (exact) mass is 250 g/mol. The van der Waals surface area contributed by atoms with Crippen LogP contribution < -0.4 is 5.32 Å². The first kappa shape index (κ1) is 12.2. The highest BCUT2D eigenvalue weighted by atomic mass is 16.7. The Morgan fingerprint density at radius 3 is 2.94 bits per heavy atom. The number of methoxy groups -OCH3 is 1. The van der Waals surface area contributed by atoms with E-state index < -0.39 is 12.3 Å². The standard InChI is InChI=1S/C12H14N2O4/c1-16-11-7-10(18-14-11)13-12(15)17-8-9-5-3-2-4-6-9/h2-6,10H,7-8H2,1H3,(H,13,15). The van der Waals surface area contributed by atoms with Crippen molar-refractivity contribution in [1.29, 1.82) is 0 Å². The second-order valence-corrected chi connectivity index (χ2v) is 3.69. The second kappa shape index (κ2) is 5.90. The van der Waals surface area contributed by atoms with Gasteiger partial charge in [-0.3, -0.25) is 5.32 Å². The highest BCUT2D eigenvalue weighted by molar-refractivity contribution is 5.78. The van der Waals surface area contributed by atoms with E-state index in [2.05, 4.69) is 10.5 Å².